The Kier molecular flexibility index (Phi) is 6.67. The van der Waals surface area contributed by atoms with E-state index in [0.29, 0.717) is 18.0 Å². The van der Waals surface area contributed by atoms with Crippen LogP contribution in [0.3, 0.4) is 0 Å². The van der Waals surface area contributed by atoms with Crippen molar-refractivity contribution in [3.63, 3.8) is 0 Å². The van der Waals surface area contributed by atoms with Crippen LogP contribution < -0.4 is 10.1 Å². The van der Waals surface area contributed by atoms with Crippen molar-refractivity contribution in [1.29, 1.82) is 0 Å². The molecule has 2 rings (SSSR count). The summed E-state index contributed by atoms with van der Waals surface area (Å²) >= 11 is 12.3. The Labute approximate surface area is 155 Å². The molecule has 2 aromatic rings. The van der Waals surface area contributed by atoms with E-state index in [0.717, 1.165) is 12.8 Å². The Hall–Kier alpha value is -2.24. The largest absolute Gasteiger partial charge is 0.490 e. The molecule has 0 unspecified atom stereocenters. The number of carboxylic acids is 1. The highest BCUT2D eigenvalue weighted by Gasteiger charge is 2.14. The highest BCUT2D eigenvalue weighted by atomic mass is 35.5. The molecule has 5 nitrogen and oxygen atoms in total. The van der Waals surface area contributed by atoms with E-state index >= 15 is 0 Å². The first kappa shape index (κ1) is 19.1. The average molecular weight is 382 g/mol. The highest BCUT2D eigenvalue weighted by molar-refractivity contribution is 6.37. The lowest BCUT2D eigenvalue weighted by molar-refractivity contribution is 0.0696. The van der Waals surface area contributed by atoms with Gasteiger partial charge in [-0.1, -0.05) is 36.5 Å². The lowest BCUT2D eigenvalue weighted by Gasteiger charge is -2.12. The fourth-order valence-corrected chi connectivity index (χ4v) is 2.64. The quantitative estimate of drug-likeness (QED) is 0.652. The van der Waals surface area contributed by atoms with Crippen LogP contribution in [-0.2, 0) is 0 Å². The molecule has 0 heterocycles. The molecule has 25 heavy (non-hydrogen) atoms. The number of ether oxygens (including phenoxy) is 1. The summed E-state index contributed by atoms with van der Waals surface area (Å²) in [6, 6.07) is 8.79. The summed E-state index contributed by atoms with van der Waals surface area (Å²) in [5, 5.41) is 12.1. The molecule has 0 saturated heterocycles. The summed E-state index contributed by atoms with van der Waals surface area (Å²) in [5.41, 5.74) is 0.878. The Bertz CT molecular complexity index is 752. The van der Waals surface area contributed by atoms with Crippen LogP contribution in [0.1, 0.15) is 40.5 Å². The highest BCUT2D eigenvalue weighted by Crippen LogP contribution is 2.34. The summed E-state index contributed by atoms with van der Waals surface area (Å²) < 4.78 is 5.55. The zero-order chi connectivity index (χ0) is 18.4. The summed E-state index contributed by atoms with van der Waals surface area (Å²) in [4.78, 5) is 23.2. The van der Waals surface area contributed by atoms with Gasteiger partial charge >= 0.3 is 5.97 Å². The molecular weight excluding hydrogens is 365 g/mol. The molecule has 2 N–H and O–H groups in total. The average Bonchev–Trinajstić information content (AvgIpc) is 2.57. The van der Waals surface area contributed by atoms with Gasteiger partial charge in [0, 0.05) is 11.3 Å². The molecule has 0 aromatic heterocycles. The van der Waals surface area contributed by atoms with Gasteiger partial charge in [0.2, 0.25) is 0 Å². The van der Waals surface area contributed by atoms with E-state index in [-0.39, 0.29) is 21.2 Å². The number of anilines is 1. The predicted molar refractivity (Wildman–Crippen MR) is 98.2 cm³/mol. The normalized spacial score (nSPS) is 10.4. The number of hydrogen-bond donors (Lipinski definition) is 2. The molecule has 0 saturated carbocycles. The molecule has 0 radical (unpaired) electrons. The van der Waals surface area contributed by atoms with E-state index in [1.165, 1.54) is 36.4 Å². The van der Waals surface area contributed by atoms with Gasteiger partial charge < -0.3 is 15.2 Å². The third kappa shape index (κ3) is 5.11. The van der Waals surface area contributed by atoms with Gasteiger partial charge in [-0.25, -0.2) is 4.79 Å². The minimum absolute atomic E-state index is 0.137. The Morgan fingerprint density at radius 1 is 1.08 bits per heavy atom. The molecular formula is C18H17Cl2NO4. The molecule has 2 aromatic carbocycles. The van der Waals surface area contributed by atoms with Gasteiger partial charge in [0.05, 0.1) is 22.2 Å². The van der Waals surface area contributed by atoms with Crippen LogP contribution in [0, 0.1) is 0 Å². The first-order chi connectivity index (χ1) is 11.9. The van der Waals surface area contributed by atoms with Crippen molar-refractivity contribution in [3.8, 4) is 5.75 Å². The molecule has 132 valence electrons. The number of nitrogens with one attached hydrogen (secondary N) is 1. The van der Waals surface area contributed by atoms with Gasteiger partial charge in [0.1, 0.15) is 0 Å². The fraction of sp³-hybridized carbons (Fsp3) is 0.222. The van der Waals surface area contributed by atoms with Crippen molar-refractivity contribution in [3.05, 3.63) is 57.6 Å². The number of aromatic carboxylic acids is 1. The second-order valence-corrected chi connectivity index (χ2v) is 6.12. The molecule has 0 fully saturated rings. The maximum absolute atomic E-state index is 12.3. The Morgan fingerprint density at radius 3 is 2.20 bits per heavy atom. The lowest BCUT2D eigenvalue weighted by Crippen LogP contribution is -2.12. The minimum Gasteiger partial charge on any atom is -0.490 e. The number of carbonyl (C=O) groups is 2. The standard InChI is InChI=1S/C18H17Cl2NO4/c1-2-3-8-25-16-14(19)9-12(10-15(16)20)17(22)21-13-6-4-11(5-7-13)18(23)24/h4-7,9-10H,2-3,8H2,1H3,(H,21,22)(H,23,24). The number of rotatable bonds is 7. The first-order valence-corrected chi connectivity index (χ1v) is 8.44. The molecule has 0 bridgehead atoms. The van der Waals surface area contributed by atoms with E-state index in [1.54, 1.807) is 0 Å². The van der Waals surface area contributed by atoms with Crippen molar-refractivity contribution in [2.45, 2.75) is 19.8 Å². The zero-order valence-corrected chi connectivity index (χ0v) is 15.0. The van der Waals surface area contributed by atoms with E-state index < -0.39 is 11.9 Å². The number of halogens is 2. The van der Waals surface area contributed by atoms with Gasteiger partial charge in [-0.15, -0.1) is 0 Å². The maximum atomic E-state index is 12.3. The number of amides is 1. The number of hydrogen-bond acceptors (Lipinski definition) is 3. The molecule has 0 aliphatic carbocycles. The van der Waals surface area contributed by atoms with Gasteiger partial charge in [-0.05, 0) is 42.8 Å². The number of carboxylic acid groups (broad SMARTS) is 1. The van der Waals surface area contributed by atoms with Crippen molar-refractivity contribution in [2.24, 2.45) is 0 Å². The molecule has 0 spiro atoms. The van der Waals surface area contributed by atoms with Gasteiger partial charge in [-0.3, -0.25) is 4.79 Å². The van der Waals surface area contributed by atoms with Gasteiger partial charge in [0.15, 0.2) is 5.75 Å². The number of unbranched alkanes of at least 4 members (excludes halogenated alkanes) is 1. The van der Waals surface area contributed by atoms with Crippen molar-refractivity contribution in [1.82, 2.24) is 0 Å². The summed E-state index contributed by atoms with van der Waals surface area (Å²) in [6.07, 6.45) is 1.86. The number of benzene rings is 2. The van der Waals surface area contributed by atoms with E-state index in [4.69, 9.17) is 33.0 Å². The van der Waals surface area contributed by atoms with Crippen LogP contribution in [-0.4, -0.2) is 23.6 Å². The smallest absolute Gasteiger partial charge is 0.335 e. The Morgan fingerprint density at radius 2 is 1.68 bits per heavy atom. The van der Waals surface area contributed by atoms with E-state index in [2.05, 4.69) is 5.32 Å². The minimum atomic E-state index is -1.03. The summed E-state index contributed by atoms with van der Waals surface area (Å²) in [5.74, 6) is -1.08. The van der Waals surface area contributed by atoms with E-state index in [1.807, 2.05) is 6.92 Å². The van der Waals surface area contributed by atoms with Crippen LogP contribution in [0.4, 0.5) is 5.69 Å². The monoisotopic (exact) mass is 381 g/mol. The third-order valence-corrected chi connectivity index (χ3v) is 3.96. The molecule has 0 aliphatic heterocycles. The van der Waals surface area contributed by atoms with Gasteiger partial charge in [0.25, 0.3) is 5.91 Å². The SMILES string of the molecule is CCCCOc1c(Cl)cc(C(=O)Nc2ccc(C(=O)O)cc2)cc1Cl. The van der Waals surface area contributed by atoms with Crippen molar-refractivity contribution < 1.29 is 19.4 Å². The first-order valence-electron chi connectivity index (χ1n) is 7.69. The zero-order valence-electron chi connectivity index (χ0n) is 13.5. The summed E-state index contributed by atoms with van der Waals surface area (Å²) in [7, 11) is 0. The fourth-order valence-electron chi connectivity index (χ4n) is 2.05. The molecule has 0 aliphatic rings. The van der Waals surface area contributed by atoms with Crippen LogP contribution >= 0.6 is 23.2 Å². The van der Waals surface area contributed by atoms with Crippen LogP contribution in [0.15, 0.2) is 36.4 Å². The van der Waals surface area contributed by atoms with E-state index in [9.17, 15) is 9.59 Å². The third-order valence-electron chi connectivity index (χ3n) is 3.39. The summed E-state index contributed by atoms with van der Waals surface area (Å²) in [6.45, 7) is 2.54. The number of carbonyl (C=O) groups excluding carboxylic acids is 1. The Balaban J connectivity index is 2.12. The molecule has 1 amide bonds. The predicted octanol–water partition coefficient (Wildman–Crippen LogP) is 5.12. The van der Waals surface area contributed by atoms with Crippen LogP contribution in [0.25, 0.3) is 0 Å². The van der Waals surface area contributed by atoms with Crippen molar-refractivity contribution in [2.75, 3.05) is 11.9 Å². The lowest BCUT2D eigenvalue weighted by atomic mass is 10.1. The van der Waals surface area contributed by atoms with Crippen LogP contribution in [0.2, 0.25) is 10.0 Å². The second-order valence-electron chi connectivity index (χ2n) is 5.31. The van der Waals surface area contributed by atoms with Crippen molar-refractivity contribution >= 4 is 40.8 Å². The van der Waals surface area contributed by atoms with Crippen LogP contribution in [0.5, 0.6) is 5.75 Å². The van der Waals surface area contributed by atoms with Gasteiger partial charge in [-0.2, -0.15) is 0 Å². The molecule has 7 heteroatoms. The second kappa shape index (κ2) is 8.74. The topological polar surface area (TPSA) is 75.6 Å². The maximum Gasteiger partial charge on any atom is 0.335 e. The molecule has 0 atom stereocenters.